The maximum atomic E-state index is 12.7. The number of hydrogen-bond acceptors (Lipinski definition) is 4. The van der Waals surface area contributed by atoms with Crippen molar-refractivity contribution in [2.75, 3.05) is 4.90 Å². The molecular weight excluding hydrogens is 471 g/mol. The average molecular weight is 504 g/mol. The summed E-state index contributed by atoms with van der Waals surface area (Å²) in [6.45, 7) is 7.32. The molecule has 3 aromatic rings. The van der Waals surface area contributed by atoms with Crippen molar-refractivity contribution in [1.29, 1.82) is 0 Å². The van der Waals surface area contributed by atoms with E-state index in [4.69, 9.17) is 4.98 Å². The number of benzene rings is 2. The average Bonchev–Trinajstić information content (AvgIpc) is 3.11. The lowest BCUT2D eigenvalue weighted by Crippen LogP contribution is -2.41. The van der Waals surface area contributed by atoms with Crippen LogP contribution in [0.2, 0.25) is 0 Å². The van der Waals surface area contributed by atoms with Gasteiger partial charge in [0.15, 0.2) is 0 Å². The highest BCUT2D eigenvalue weighted by Gasteiger charge is 2.34. The molecule has 194 valence electrons. The minimum Gasteiger partial charge on any atom is -0.478 e. The number of nitrogens with zero attached hydrogens (tertiary/aromatic N) is 3. The number of anilines is 1. The van der Waals surface area contributed by atoms with E-state index in [9.17, 15) is 23.1 Å². The van der Waals surface area contributed by atoms with Crippen LogP contribution in [0, 0.1) is 11.3 Å². The number of carboxylic acid groups (broad SMARTS) is 1. The summed E-state index contributed by atoms with van der Waals surface area (Å²) in [7, 11) is 1.86. The number of halogens is 3. The number of aryl methyl sites for hydroxylation is 1. The van der Waals surface area contributed by atoms with E-state index in [1.54, 1.807) is 30.3 Å². The number of aromatic carboxylic acids is 1. The molecule has 1 aliphatic carbocycles. The Morgan fingerprint density at radius 2 is 1.72 bits per heavy atom. The molecule has 1 aromatic heterocycles. The highest BCUT2D eigenvalue weighted by Crippen LogP contribution is 2.40. The lowest BCUT2D eigenvalue weighted by Gasteiger charge is -2.41. The van der Waals surface area contributed by atoms with Gasteiger partial charge in [-0.2, -0.15) is 0 Å². The molecular formula is C27H32F3N3O3. The Morgan fingerprint density at radius 3 is 2.28 bits per heavy atom. The number of hydrogen-bond donors (Lipinski definition) is 1. The first-order valence-electron chi connectivity index (χ1n) is 12.1. The fraction of sp³-hybridized carbons (Fsp3) is 0.481. The number of fused-ring (bicyclic) bond motifs is 1. The third kappa shape index (κ3) is 5.77. The first kappa shape index (κ1) is 25.9. The van der Waals surface area contributed by atoms with Crippen molar-refractivity contribution in [2.24, 2.45) is 18.4 Å². The second-order valence-corrected chi connectivity index (χ2v) is 10.7. The zero-order chi connectivity index (χ0) is 26.3. The van der Waals surface area contributed by atoms with Crippen LogP contribution in [0.3, 0.4) is 0 Å². The standard InChI is InChI=1S/C27H32F3N3O3/c1-26(2,3)19-9-11-20(12-10-19)33(16-17-5-7-18(8-6-17)24(34)35)25-31-22-15-21(36-27(28,29)30)13-14-23(22)32(25)4/h5-8,13-15,19-20H,9-12,16H2,1-4H3,(H,34,35). The zero-order valence-corrected chi connectivity index (χ0v) is 21.0. The second kappa shape index (κ2) is 9.67. The molecule has 1 aliphatic rings. The van der Waals surface area contributed by atoms with Crippen molar-refractivity contribution < 1.29 is 27.8 Å². The largest absolute Gasteiger partial charge is 0.573 e. The van der Waals surface area contributed by atoms with Gasteiger partial charge in [0.2, 0.25) is 5.95 Å². The van der Waals surface area contributed by atoms with Crippen molar-refractivity contribution in [3.63, 3.8) is 0 Å². The van der Waals surface area contributed by atoms with E-state index in [1.165, 1.54) is 12.1 Å². The Hall–Kier alpha value is -3.23. The van der Waals surface area contributed by atoms with Gasteiger partial charge >= 0.3 is 12.3 Å². The van der Waals surface area contributed by atoms with Crippen LogP contribution in [-0.2, 0) is 13.6 Å². The monoisotopic (exact) mass is 503 g/mol. The Balaban J connectivity index is 1.68. The van der Waals surface area contributed by atoms with E-state index in [-0.39, 0.29) is 22.8 Å². The number of aromatic nitrogens is 2. The molecule has 0 radical (unpaired) electrons. The fourth-order valence-electron chi connectivity index (χ4n) is 5.19. The van der Waals surface area contributed by atoms with Gasteiger partial charge < -0.3 is 19.3 Å². The molecule has 0 aliphatic heterocycles. The second-order valence-electron chi connectivity index (χ2n) is 10.7. The first-order valence-corrected chi connectivity index (χ1v) is 12.1. The summed E-state index contributed by atoms with van der Waals surface area (Å²) in [6, 6.07) is 11.2. The van der Waals surface area contributed by atoms with E-state index in [1.807, 2.05) is 11.6 Å². The third-order valence-corrected chi connectivity index (χ3v) is 7.24. The Morgan fingerprint density at radius 1 is 1.08 bits per heavy atom. The highest BCUT2D eigenvalue weighted by molar-refractivity contribution is 5.87. The van der Waals surface area contributed by atoms with E-state index < -0.39 is 12.3 Å². The van der Waals surface area contributed by atoms with Gasteiger partial charge in [-0.1, -0.05) is 32.9 Å². The Labute approximate surface area is 208 Å². The number of carboxylic acids is 1. The van der Waals surface area contributed by atoms with Crippen LogP contribution in [-0.4, -0.2) is 33.0 Å². The summed E-state index contributed by atoms with van der Waals surface area (Å²) in [5.41, 5.74) is 2.51. The Kier molecular flexibility index (Phi) is 6.94. The molecule has 0 saturated heterocycles. The molecule has 0 spiro atoms. The van der Waals surface area contributed by atoms with Gasteiger partial charge in [-0.3, -0.25) is 0 Å². The van der Waals surface area contributed by atoms with Crippen LogP contribution in [0.15, 0.2) is 42.5 Å². The zero-order valence-electron chi connectivity index (χ0n) is 21.0. The minimum absolute atomic E-state index is 0.198. The van der Waals surface area contributed by atoms with E-state index >= 15 is 0 Å². The lowest BCUT2D eigenvalue weighted by atomic mass is 9.71. The minimum atomic E-state index is -4.77. The fourth-order valence-corrected chi connectivity index (χ4v) is 5.19. The summed E-state index contributed by atoms with van der Waals surface area (Å²) in [6.07, 6.45) is -0.668. The molecule has 1 N–H and O–H groups in total. The maximum absolute atomic E-state index is 12.7. The smallest absolute Gasteiger partial charge is 0.478 e. The van der Waals surface area contributed by atoms with Crippen LogP contribution in [0.1, 0.15) is 62.4 Å². The van der Waals surface area contributed by atoms with Crippen molar-refractivity contribution in [1.82, 2.24) is 9.55 Å². The van der Waals surface area contributed by atoms with Crippen molar-refractivity contribution in [2.45, 2.75) is 65.4 Å². The number of imidazole rings is 1. The van der Waals surface area contributed by atoms with Crippen LogP contribution in [0.25, 0.3) is 11.0 Å². The van der Waals surface area contributed by atoms with Crippen molar-refractivity contribution >= 4 is 23.0 Å². The molecule has 1 saturated carbocycles. The maximum Gasteiger partial charge on any atom is 0.573 e. The number of carbonyl (C=O) groups is 1. The van der Waals surface area contributed by atoms with Crippen LogP contribution >= 0.6 is 0 Å². The predicted octanol–water partition coefficient (Wildman–Crippen LogP) is 6.78. The van der Waals surface area contributed by atoms with Gasteiger partial charge in [0.05, 0.1) is 16.6 Å². The molecule has 9 heteroatoms. The van der Waals surface area contributed by atoms with Gasteiger partial charge in [-0.15, -0.1) is 13.2 Å². The van der Waals surface area contributed by atoms with Crippen molar-refractivity contribution in [3.8, 4) is 5.75 Å². The summed E-state index contributed by atoms with van der Waals surface area (Å²) < 4.78 is 44.2. The van der Waals surface area contributed by atoms with Crippen LogP contribution in [0.5, 0.6) is 5.75 Å². The van der Waals surface area contributed by atoms with Gasteiger partial charge in [-0.25, -0.2) is 9.78 Å². The van der Waals surface area contributed by atoms with Gasteiger partial charge in [-0.05, 0) is 66.8 Å². The van der Waals surface area contributed by atoms with E-state index in [0.717, 1.165) is 31.2 Å². The summed E-state index contributed by atoms with van der Waals surface area (Å²) >= 11 is 0. The molecule has 0 amide bonds. The summed E-state index contributed by atoms with van der Waals surface area (Å²) in [5.74, 6) is -0.00377. The summed E-state index contributed by atoms with van der Waals surface area (Å²) in [5, 5.41) is 9.24. The quantitative estimate of drug-likeness (QED) is 0.402. The first-order chi connectivity index (χ1) is 16.8. The van der Waals surface area contributed by atoms with Gasteiger partial charge in [0, 0.05) is 25.7 Å². The highest BCUT2D eigenvalue weighted by atomic mass is 19.4. The molecule has 36 heavy (non-hydrogen) atoms. The predicted molar refractivity (Wildman–Crippen MR) is 132 cm³/mol. The molecule has 0 bridgehead atoms. The molecule has 6 nitrogen and oxygen atoms in total. The van der Waals surface area contributed by atoms with Crippen LogP contribution < -0.4 is 9.64 Å². The summed E-state index contributed by atoms with van der Waals surface area (Å²) in [4.78, 5) is 18.2. The third-order valence-electron chi connectivity index (χ3n) is 7.24. The molecule has 1 heterocycles. The molecule has 0 atom stereocenters. The SMILES string of the molecule is Cn1c(N(Cc2ccc(C(=O)O)cc2)C2CCC(C(C)(C)C)CC2)nc2cc(OC(F)(F)F)ccc21. The topological polar surface area (TPSA) is 67.6 Å². The van der Waals surface area contributed by atoms with Crippen LogP contribution in [0.4, 0.5) is 19.1 Å². The number of alkyl halides is 3. The molecule has 2 aromatic carbocycles. The number of rotatable bonds is 6. The van der Waals surface area contributed by atoms with Crippen molar-refractivity contribution in [3.05, 3.63) is 53.6 Å². The molecule has 4 rings (SSSR count). The number of ether oxygens (including phenoxy) is 1. The lowest BCUT2D eigenvalue weighted by molar-refractivity contribution is -0.274. The van der Waals surface area contributed by atoms with E-state index in [2.05, 4.69) is 30.4 Å². The molecule has 1 fully saturated rings. The Bertz CT molecular complexity index is 1220. The molecule has 0 unspecified atom stereocenters. The van der Waals surface area contributed by atoms with E-state index in [0.29, 0.717) is 29.4 Å². The normalized spacial score (nSPS) is 18.9. The van der Waals surface area contributed by atoms with Gasteiger partial charge in [0.25, 0.3) is 0 Å². The van der Waals surface area contributed by atoms with Gasteiger partial charge in [0.1, 0.15) is 5.75 Å².